The highest BCUT2D eigenvalue weighted by molar-refractivity contribution is 5.90. The van der Waals surface area contributed by atoms with Crippen molar-refractivity contribution in [3.05, 3.63) is 53.1 Å². The second kappa shape index (κ2) is 7.55. The van der Waals surface area contributed by atoms with E-state index in [9.17, 15) is 4.79 Å². The third-order valence-corrected chi connectivity index (χ3v) is 5.85. The molecule has 0 N–H and O–H groups in total. The van der Waals surface area contributed by atoms with Gasteiger partial charge in [0.05, 0.1) is 19.9 Å². The zero-order valence-corrected chi connectivity index (χ0v) is 18.1. The van der Waals surface area contributed by atoms with E-state index in [0.29, 0.717) is 24.1 Å². The topological polar surface area (TPSA) is 63.6 Å². The van der Waals surface area contributed by atoms with Crippen LogP contribution in [0.15, 0.2) is 41.5 Å². The van der Waals surface area contributed by atoms with E-state index in [1.165, 1.54) is 0 Å². The third kappa shape index (κ3) is 3.05. The molecule has 1 atom stereocenters. The molecule has 2 aliphatic heterocycles. The van der Waals surface area contributed by atoms with Gasteiger partial charge in [0.1, 0.15) is 0 Å². The Morgan fingerprint density at radius 2 is 1.80 bits per heavy atom. The average Bonchev–Trinajstić information content (AvgIpc) is 3.05. The van der Waals surface area contributed by atoms with E-state index in [4.69, 9.17) is 19.3 Å². The molecule has 0 bridgehead atoms. The molecule has 158 valence electrons. The summed E-state index contributed by atoms with van der Waals surface area (Å²) in [6.07, 6.45) is 1.06. The summed E-state index contributed by atoms with van der Waals surface area (Å²) < 4.78 is 16.7. The van der Waals surface area contributed by atoms with Crippen LogP contribution in [0.2, 0.25) is 0 Å². The van der Waals surface area contributed by atoms with Gasteiger partial charge in [-0.05, 0) is 50.1 Å². The van der Waals surface area contributed by atoms with Crippen molar-refractivity contribution in [1.82, 2.24) is 4.90 Å². The Morgan fingerprint density at radius 1 is 1.13 bits per heavy atom. The van der Waals surface area contributed by atoms with Crippen LogP contribution in [-0.2, 0) is 21.6 Å². The van der Waals surface area contributed by atoms with Crippen LogP contribution in [-0.4, -0.2) is 37.7 Å². The van der Waals surface area contributed by atoms with Gasteiger partial charge in [0, 0.05) is 18.5 Å². The molecule has 2 aliphatic rings. The van der Waals surface area contributed by atoms with Crippen LogP contribution >= 0.6 is 0 Å². The maximum absolute atomic E-state index is 12.1. The van der Waals surface area contributed by atoms with E-state index >= 15 is 0 Å². The van der Waals surface area contributed by atoms with Gasteiger partial charge < -0.3 is 14.2 Å². The van der Waals surface area contributed by atoms with Crippen molar-refractivity contribution in [2.75, 3.05) is 25.8 Å². The van der Waals surface area contributed by atoms with Crippen LogP contribution in [0, 0.1) is 6.92 Å². The summed E-state index contributed by atoms with van der Waals surface area (Å²) in [5.74, 6) is 1.05. The smallest absolute Gasteiger partial charge is 0.319 e. The van der Waals surface area contributed by atoms with E-state index < -0.39 is 5.66 Å². The van der Waals surface area contributed by atoms with E-state index in [1.807, 2.05) is 48.3 Å². The standard InChI is InChI=1S/C23H27N3O4/c1-6-21(27)30-22-24-26(17-9-7-15(2)8-10-17)23(3)18-14-20(29-5)19(28-4)13-16(18)11-12-25(22)23/h7-10,13-14H,6,11-12H2,1-5H3/t23-/m1/s1. The SMILES string of the molecule is CCC(=O)OC1=NN(c2ccc(C)cc2)[C@]2(C)c3cc(OC)c(OC)cc3CCN12. The molecule has 7 nitrogen and oxygen atoms in total. The lowest BCUT2D eigenvalue weighted by Crippen LogP contribution is -2.55. The molecule has 0 aliphatic carbocycles. The van der Waals surface area contributed by atoms with Crippen molar-refractivity contribution in [2.45, 2.75) is 39.3 Å². The number of anilines is 1. The van der Waals surface area contributed by atoms with Gasteiger partial charge in [-0.3, -0.25) is 9.69 Å². The molecule has 0 saturated heterocycles. The summed E-state index contributed by atoms with van der Waals surface area (Å²) in [5, 5.41) is 6.68. The Labute approximate surface area is 176 Å². The van der Waals surface area contributed by atoms with Crippen molar-refractivity contribution in [1.29, 1.82) is 0 Å². The number of amidine groups is 1. The Hall–Kier alpha value is -3.22. The summed E-state index contributed by atoms with van der Waals surface area (Å²) in [4.78, 5) is 14.1. The van der Waals surface area contributed by atoms with Gasteiger partial charge in [0.2, 0.25) is 0 Å². The first-order valence-electron chi connectivity index (χ1n) is 10.1. The molecule has 0 unspecified atom stereocenters. The highest BCUT2D eigenvalue weighted by atomic mass is 16.6. The lowest BCUT2D eigenvalue weighted by molar-refractivity contribution is -0.136. The Kier molecular flexibility index (Phi) is 5.05. The number of rotatable bonds is 4. The second-order valence-electron chi connectivity index (χ2n) is 7.64. The molecule has 0 aromatic heterocycles. The predicted molar refractivity (Wildman–Crippen MR) is 115 cm³/mol. The highest BCUT2D eigenvalue weighted by Crippen LogP contribution is 2.47. The quantitative estimate of drug-likeness (QED) is 0.716. The normalized spacial score (nSPS) is 19.7. The number of fused-ring (bicyclic) bond motifs is 3. The number of nitrogens with zero attached hydrogens (tertiary/aromatic N) is 3. The minimum absolute atomic E-state index is 0.287. The molecule has 30 heavy (non-hydrogen) atoms. The van der Waals surface area contributed by atoms with Gasteiger partial charge in [-0.25, -0.2) is 5.01 Å². The maximum Gasteiger partial charge on any atom is 0.319 e. The number of methoxy groups -OCH3 is 2. The fourth-order valence-corrected chi connectivity index (χ4v) is 4.16. The number of hydrazone groups is 1. The number of aryl methyl sites for hydroxylation is 1. The molecule has 2 aromatic rings. The second-order valence-corrected chi connectivity index (χ2v) is 7.64. The number of ether oxygens (including phenoxy) is 3. The monoisotopic (exact) mass is 409 g/mol. The molecule has 0 fully saturated rings. The molecule has 0 amide bonds. The summed E-state index contributed by atoms with van der Waals surface area (Å²) in [5.41, 5.74) is 3.60. The number of benzene rings is 2. The van der Waals surface area contributed by atoms with Crippen molar-refractivity contribution in [3.8, 4) is 11.5 Å². The minimum atomic E-state index is -0.675. The number of esters is 1. The lowest BCUT2D eigenvalue weighted by Gasteiger charge is -2.45. The van der Waals surface area contributed by atoms with E-state index in [-0.39, 0.29) is 12.4 Å². The van der Waals surface area contributed by atoms with Crippen LogP contribution < -0.4 is 14.5 Å². The molecule has 4 rings (SSSR count). The van der Waals surface area contributed by atoms with Crippen molar-refractivity contribution >= 4 is 17.7 Å². The van der Waals surface area contributed by atoms with Crippen LogP contribution in [0.4, 0.5) is 5.69 Å². The molecule has 0 saturated carbocycles. The van der Waals surface area contributed by atoms with Gasteiger partial charge in [0.25, 0.3) is 0 Å². The minimum Gasteiger partial charge on any atom is -0.493 e. The van der Waals surface area contributed by atoms with Gasteiger partial charge in [-0.1, -0.05) is 24.6 Å². The molecule has 2 heterocycles. The first-order chi connectivity index (χ1) is 14.4. The van der Waals surface area contributed by atoms with Crippen LogP contribution in [0.25, 0.3) is 0 Å². The fraction of sp³-hybridized carbons (Fsp3) is 0.391. The number of carbonyl (C=O) groups excluding carboxylic acids is 1. The summed E-state index contributed by atoms with van der Waals surface area (Å²) in [6.45, 7) is 6.58. The van der Waals surface area contributed by atoms with Crippen molar-refractivity contribution in [2.24, 2.45) is 5.10 Å². The molecule has 2 aromatic carbocycles. The Morgan fingerprint density at radius 3 is 2.43 bits per heavy atom. The Bertz CT molecular complexity index is 1000. The first-order valence-corrected chi connectivity index (χ1v) is 10.1. The zero-order valence-electron chi connectivity index (χ0n) is 18.1. The number of carbonyl (C=O) groups is 1. The van der Waals surface area contributed by atoms with E-state index in [0.717, 1.165) is 28.8 Å². The fourth-order valence-electron chi connectivity index (χ4n) is 4.16. The molecule has 0 radical (unpaired) electrons. The van der Waals surface area contributed by atoms with E-state index in [2.05, 4.69) is 11.8 Å². The molecular weight excluding hydrogens is 382 g/mol. The molecule has 0 spiro atoms. The van der Waals surface area contributed by atoms with E-state index in [1.54, 1.807) is 21.1 Å². The van der Waals surface area contributed by atoms with Crippen LogP contribution in [0.1, 0.15) is 37.0 Å². The largest absolute Gasteiger partial charge is 0.493 e. The number of hydrogen-bond acceptors (Lipinski definition) is 7. The first kappa shape index (κ1) is 20.1. The number of hydrogen-bond donors (Lipinski definition) is 0. The summed E-state index contributed by atoms with van der Waals surface area (Å²) in [7, 11) is 3.27. The van der Waals surface area contributed by atoms with Gasteiger partial charge in [-0.2, -0.15) is 0 Å². The van der Waals surface area contributed by atoms with Gasteiger partial charge >= 0.3 is 12.0 Å². The van der Waals surface area contributed by atoms with Crippen LogP contribution in [0.5, 0.6) is 11.5 Å². The van der Waals surface area contributed by atoms with Gasteiger partial charge in [0.15, 0.2) is 17.2 Å². The van der Waals surface area contributed by atoms with Crippen molar-refractivity contribution < 1.29 is 19.0 Å². The average molecular weight is 409 g/mol. The molecule has 7 heteroatoms. The summed E-state index contributed by atoms with van der Waals surface area (Å²) >= 11 is 0. The lowest BCUT2D eigenvalue weighted by atomic mass is 9.87. The maximum atomic E-state index is 12.1. The third-order valence-electron chi connectivity index (χ3n) is 5.85. The zero-order chi connectivity index (χ0) is 21.5. The summed E-state index contributed by atoms with van der Waals surface area (Å²) in [6, 6.07) is 12.5. The highest BCUT2D eigenvalue weighted by Gasteiger charge is 2.52. The van der Waals surface area contributed by atoms with Crippen molar-refractivity contribution in [3.63, 3.8) is 0 Å². The van der Waals surface area contributed by atoms with Crippen LogP contribution in [0.3, 0.4) is 0 Å². The predicted octanol–water partition coefficient (Wildman–Crippen LogP) is 3.79. The molecular formula is C23H27N3O4. The van der Waals surface area contributed by atoms with Gasteiger partial charge in [-0.15, -0.1) is 5.10 Å². The Balaban J connectivity index is 1.88.